The Bertz CT molecular complexity index is 692. The summed E-state index contributed by atoms with van der Waals surface area (Å²) in [5.41, 5.74) is 5.71. The first-order chi connectivity index (χ1) is 11.2. The van der Waals surface area contributed by atoms with Crippen LogP contribution >= 0.6 is 0 Å². The Morgan fingerprint density at radius 1 is 1.46 bits per heavy atom. The van der Waals surface area contributed by atoms with Crippen LogP contribution in [0.3, 0.4) is 0 Å². The van der Waals surface area contributed by atoms with Crippen molar-refractivity contribution in [3.05, 3.63) is 12.3 Å². The average molecular weight is 355 g/mol. The molecular weight excluding hydrogens is 330 g/mol. The van der Waals surface area contributed by atoms with Gasteiger partial charge in [-0.2, -0.15) is 4.98 Å². The Morgan fingerprint density at radius 2 is 2.17 bits per heavy atom. The second kappa shape index (κ2) is 7.33. The van der Waals surface area contributed by atoms with Gasteiger partial charge < -0.3 is 16.0 Å². The number of anilines is 2. The first-order valence-electron chi connectivity index (χ1n) is 7.96. The van der Waals surface area contributed by atoms with Gasteiger partial charge in [0.1, 0.15) is 15.7 Å². The topological polar surface area (TPSA) is 118 Å². The van der Waals surface area contributed by atoms with Crippen molar-refractivity contribution in [1.29, 1.82) is 0 Å². The highest BCUT2D eigenvalue weighted by Crippen LogP contribution is 2.27. The maximum absolute atomic E-state index is 12.1. The average Bonchev–Trinajstić information content (AvgIpc) is 2.88. The second-order valence-corrected chi connectivity index (χ2v) is 8.91. The van der Waals surface area contributed by atoms with E-state index in [2.05, 4.69) is 29.1 Å². The van der Waals surface area contributed by atoms with E-state index in [1.807, 2.05) is 4.90 Å². The van der Waals surface area contributed by atoms with E-state index in [0.717, 1.165) is 12.8 Å². The summed E-state index contributed by atoms with van der Waals surface area (Å²) in [5, 5.41) is 2.97. The summed E-state index contributed by atoms with van der Waals surface area (Å²) in [4.78, 5) is 22.5. The second-order valence-electron chi connectivity index (χ2n) is 6.65. The highest BCUT2D eigenvalue weighted by Gasteiger charge is 2.36. The van der Waals surface area contributed by atoms with Crippen LogP contribution in [0.25, 0.3) is 0 Å². The normalized spacial score (nSPS) is 21.2. The maximum Gasteiger partial charge on any atom is 0.227 e. The fraction of sp³-hybridized carbons (Fsp3) is 0.667. The van der Waals surface area contributed by atoms with Crippen molar-refractivity contribution in [2.24, 2.45) is 11.8 Å². The lowest BCUT2D eigenvalue weighted by Gasteiger charge is -2.22. The van der Waals surface area contributed by atoms with Crippen molar-refractivity contribution < 1.29 is 13.2 Å². The predicted octanol–water partition coefficient (Wildman–Crippen LogP) is 0.0705. The maximum atomic E-state index is 12.1. The number of nitrogen functional groups attached to an aromatic ring is 1. The Morgan fingerprint density at radius 3 is 2.75 bits per heavy atom. The number of nitrogens with zero attached hydrogens (tertiary/aromatic N) is 3. The van der Waals surface area contributed by atoms with Crippen molar-refractivity contribution in [1.82, 2.24) is 15.3 Å². The Hall–Kier alpha value is -1.90. The summed E-state index contributed by atoms with van der Waals surface area (Å²) in [6, 6.07) is 1.56. The van der Waals surface area contributed by atoms with Gasteiger partial charge in [0.25, 0.3) is 0 Å². The SMILES string of the molecule is CC(C)[C@H]1CN(c2nccc(N)n2)C[C@@H]1NC(=O)CCS(C)(=O)=O. The van der Waals surface area contributed by atoms with Crippen LogP contribution in [-0.2, 0) is 14.6 Å². The summed E-state index contributed by atoms with van der Waals surface area (Å²) in [5.74, 6) is 1.16. The third-order valence-electron chi connectivity index (χ3n) is 4.21. The van der Waals surface area contributed by atoms with Crippen molar-refractivity contribution in [3.8, 4) is 0 Å². The lowest BCUT2D eigenvalue weighted by Crippen LogP contribution is -2.42. The van der Waals surface area contributed by atoms with E-state index >= 15 is 0 Å². The van der Waals surface area contributed by atoms with Crippen LogP contribution in [0, 0.1) is 11.8 Å². The molecule has 0 saturated carbocycles. The molecule has 1 aliphatic rings. The van der Waals surface area contributed by atoms with Gasteiger partial charge in [-0.1, -0.05) is 13.8 Å². The smallest absolute Gasteiger partial charge is 0.227 e. The number of nitrogens with two attached hydrogens (primary N) is 1. The molecule has 1 aromatic heterocycles. The highest BCUT2D eigenvalue weighted by atomic mass is 32.2. The summed E-state index contributed by atoms with van der Waals surface area (Å²) in [6.07, 6.45) is 2.72. The van der Waals surface area contributed by atoms with Gasteiger partial charge >= 0.3 is 0 Å². The zero-order chi connectivity index (χ0) is 17.9. The molecule has 0 bridgehead atoms. The van der Waals surface area contributed by atoms with Crippen LogP contribution in [0.4, 0.5) is 11.8 Å². The van der Waals surface area contributed by atoms with E-state index in [4.69, 9.17) is 5.73 Å². The van der Waals surface area contributed by atoms with E-state index in [9.17, 15) is 13.2 Å². The first-order valence-corrected chi connectivity index (χ1v) is 10.0. The summed E-state index contributed by atoms with van der Waals surface area (Å²) in [7, 11) is -3.15. The van der Waals surface area contributed by atoms with E-state index < -0.39 is 9.84 Å². The minimum atomic E-state index is -3.15. The van der Waals surface area contributed by atoms with Crippen LogP contribution in [0.15, 0.2) is 12.3 Å². The first kappa shape index (κ1) is 18.4. The molecule has 2 atom stereocenters. The Kier molecular flexibility index (Phi) is 5.63. The van der Waals surface area contributed by atoms with Gasteiger partial charge in [0.2, 0.25) is 11.9 Å². The molecule has 8 nitrogen and oxygen atoms in total. The van der Waals surface area contributed by atoms with Gasteiger partial charge in [0, 0.05) is 37.9 Å². The van der Waals surface area contributed by atoms with Crippen molar-refractivity contribution in [2.45, 2.75) is 26.3 Å². The molecule has 2 rings (SSSR count). The number of carbonyl (C=O) groups excluding carboxylic acids is 1. The fourth-order valence-electron chi connectivity index (χ4n) is 2.89. The molecule has 0 unspecified atom stereocenters. The highest BCUT2D eigenvalue weighted by molar-refractivity contribution is 7.90. The van der Waals surface area contributed by atoms with E-state index in [0.29, 0.717) is 24.2 Å². The molecule has 3 N–H and O–H groups in total. The number of rotatable bonds is 6. The summed E-state index contributed by atoms with van der Waals surface area (Å²) >= 11 is 0. The number of amides is 1. The van der Waals surface area contributed by atoms with Crippen molar-refractivity contribution in [2.75, 3.05) is 35.7 Å². The van der Waals surface area contributed by atoms with Crippen LogP contribution < -0.4 is 16.0 Å². The molecule has 1 fully saturated rings. The molecule has 0 aromatic carbocycles. The zero-order valence-electron chi connectivity index (χ0n) is 14.3. The molecule has 24 heavy (non-hydrogen) atoms. The molecular formula is C15H25N5O3S. The molecule has 0 spiro atoms. The number of carbonyl (C=O) groups is 1. The zero-order valence-corrected chi connectivity index (χ0v) is 15.1. The molecule has 0 aliphatic carbocycles. The molecule has 0 radical (unpaired) electrons. The lowest BCUT2D eigenvalue weighted by molar-refractivity contribution is -0.121. The van der Waals surface area contributed by atoms with Crippen molar-refractivity contribution >= 4 is 27.5 Å². The summed E-state index contributed by atoms with van der Waals surface area (Å²) in [6.45, 7) is 5.50. The van der Waals surface area contributed by atoms with E-state index in [1.54, 1.807) is 12.3 Å². The van der Waals surface area contributed by atoms with Gasteiger partial charge in [-0.15, -0.1) is 0 Å². The molecule has 134 valence electrons. The molecule has 1 saturated heterocycles. The largest absolute Gasteiger partial charge is 0.384 e. The summed E-state index contributed by atoms with van der Waals surface area (Å²) < 4.78 is 22.4. The van der Waals surface area contributed by atoms with E-state index in [1.165, 1.54) is 0 Å². The van der Waals surface area contributed by atoms with Crippen LogP contribution in [-0.4, -0.2) is 55.4 Å². The fourth-order valence-corrected chi connectivity index (χ4v) is 3.45. The number of aromatic nitrogens is 2. The predicted molar refractivity (Wildman–Crippen MR) is 93.2 cm³/mol. The minimum Gasteiger partial charge on any atom is -0.384 e. The van der Waals surface area contributed by atoms with E-state index in [-0.39, 0.29) is 30.0 Å². The third-order valence-corrected chi connectivity index (χ3v) is 5.16. The quantitative estimate of drug-likeness (QED) is 0.741. The van der Waals surface area contributed by atoms with Gasteiger partial charge in [0.05, 0.1) is 11.8 Å². The molecule has 2 heterocycles. The number of hydrogen-bond acceptors (Lipinski definition) is 7. The minimum absolute atomic E-state index is 0.0189. The van der Waals surface area contributed by atoms with Gasteiger partial charge in [0.15, 0.2) is 0 Å². The number of sulfone groups is 1. The molecule has 1 aliphatic heterocycles. The molecule has 9 heteroatoms. The molecule has 1 amide bonds. The van der Waals surface area contributed by atoms with Crippen LogP contribution in [0.5, 0.6) is 0 Å². The van der Waals surface area contributed by atoms with Crippen LogP contribution in [0.1, 0.15) is 20.3 Å². The van der Waals surface area contributed by atoms with Crippen LogP contribution in [0.2, 0.25) is 0 Å². The Balaban J connectivity index is 2.04. The van der Waals surface area contributed by atoms with Gasteiger partial charge in [-0.05, 0) is 12.0 Å². The number of nitrogens with one attached hydrogen (secondary N) is 1. The molecule has 1 aromatic rings. The standard InChI is InChI=1S/C15H25N5O3S/c1-10(2)11-8-20(15-17-6-4-13(16)19-15)9-12(11)18-14(21)5-7-24(3,22)23/h4,6,10-12H,5,7-9H2,1-3H3,(H,18,21)(H2,16,17,19)/t11-,12+/m1/s1. The van der Waals surface area contributed by atoms with Gasteiger partial charge in [-0.25, -0.2) is 13.4 Å². The van der Waals surface area contributed by atoms with Gasteiger partial charge in [-0.3, -0.25) is 4.79 Å². The lowest BCUT2D eigenvalue weighted by atomic mass is 9.91. The van der Waals surface area contributed by atoms with Crippen molar-refractivity contribution in [3.63, 3.8) is 0 Å². The number of hydrogen-bond donors (Lipinski definition) is 2. The Labute approximate surface area is 142 Å². The monoisotopic (exact) mass is 355 g/mol. The third kappa shape index (κ3) is 5.05.